The van der Waals surface area contributed by atoms with Gasteiger partial charge in [-0.2, -0.15) is 0 Å². The number of ether oxygens (including phenoxy) is 2. The van der Waals surface area contributed by atoms with Crippen molar-refractivity contribution in [1.29, 1.82) is 0 Å². The van der Waals surface area contributed by atoms with Crippen LogP contribution in [0.25, 0.3) is 0 Å². The number of halogens is 1. The zero-order valence-corrected chi connectivity index (χ0v) is 9.63. The fraction of sp³-hybridized carbons (Fsp3) is 0.455. The summed E-state index contributed by atoms with van der Waals surface area (Å²) in [5.74, 6) is 2.27. The minimum Gasteiger partial charge on any atom is -0.493 e. The van der Waals surface area contributed by atoms with Crippen LogP contribution in [0.1, 0.15) is 12.8 Å². The van der Waals surface area contributed by atoms with Crippen molar-refractivity contribution in [2.75, 3.05) is 13.7 Å². The van der Waals surface area contributed by atoms with Crippen molar-refractivity contribution in [2.24, 2.45) is 5.92 Å². The normalized spacial score (nSPS) is 15.3. The lowest BCUT2D eigenvalue weighted by Gasteiger charge is -2.11. The topological polar surface area (TPSA) is 18.5 Å². The first-order valence-corrected chi connectivity index (χ1v) is 5.47. The Morgan fingerprint density at radius 3 is 3.00 bits per heavy atom. The van der Waals surface area contributed by atoms with Crippen LogP contribution in [0.3, 0.4) is 0 Å². The highest BCUT2D eigenvalue weighted by Gasteiger charge is 2.23. The van der Waals surface area contributed by atoms with E-state index >= 15 is 0 Å². The second kappa shape index (κ2) is 4.22. The van der Waals surface area contributed by atoms with Gasteiger partial charge >= 0.3 is 0 Å². The van der Waals surface area contributed by atoms with Gasteiger partial charge in [-0.1, -0.05) is 0 Å². The van der Waals surface area contributed by atoms with E-state index in [9.17, 15) is 0 Å². The Morgan fingerprint density at radius 1 is 1.57 bits per heavy atom. The Hall–Kier alpha value is -0.700. The third-order valence-corrected chi connectivity index (χ3v) is 2.84. The standard InChI is InChI=1S/C11H12BrO2/c1-13-10-4-2-3-9(12)11(10)14-7-8-5-6-8/h2,4,8H,5-7H2,1H3. The molecule has 1 radical (unpaired) electrons. The van der Waals surface area contributed by atoms with Crippen molar-refractivity contribution < 1.29 is 9.47 Å². The quantitative estimate of drug-likeness (QED) is 0.824. The van der Waals surface area contributed by atoms with Crippen LogP contribution in [0.5, 0.6) is 11.5 Å². The lowest BCUT2D eigenvalue weighted by atomic mass is 10.3. The first-order chi connectivity index (χ1) is 6.81. The molecule has 1 aliphatic carbocycles. The first kappa shape index (κ1) is 9.84. The third-order valence-electron chi connectivity index (χ3n) is 2.25. The van der Waals surface area contributed by atoms with E-state index in [2.05, 4.69) is 22.0 Å². The highest BCUT2D eigenvalue weighted by molar-refractivity contribution is 9.10. The van der Waals surface area contributed by atoms with Gasteiger partial charge in [-0.15, -0.1) is 0 Å². The van der Waals surface area contributed by atoms with Crippen molar-refractivity contribution in [3.8, 4) is 11.5 Å². The summed E-state index contributed by atoms with van der Waals surface area (Å²) in [5.41, 5.74) is 0. The molecule has 0 unspecified atom stereocenters. The van der Waals surface area contributed by atoms with Gasteiger partial charge in [0.1, 0.15) is 0 Å². The van der Waals surface area contributed by atoms with Crippen LogP contribution in [-0.2, 0) is 0 Å². The van der Waals surface area contributed by atoms with Gasteiger partial charge < -0.3 is 9.47 Å². The number of hydrogen-bond donors (Lipinski definition) is 0. The lowest BCUT2D eigenvalue weighted by molar-refractivity contribution is 0.278. The lowest BCUT2D eigenvalue weighted by Crippen LogP contribution is -2.01. The van der Waals surface area contributed by atoms with Crippen LogP contribution < -0.4 is 9.47 Å². The molecule has 1 aromatic carbocycles. The highest BCUT2D eigenvalue weighted by atomic mass is 79.9. The summed E-state index contributed by atoms with van der Waals surface area (Å²) in [6.45, 7) is 0.785. The number of benzene rings is 1. The second-order valence-corrected chi connectivity index (χ2v) is 4.24. The van der Waals surface area contributed by atoms with Gasteiger partial charge in [0, 0.05) is 6.07 Å². The largest absolute Gasteiger partial charge is 0.493 e. The Kier molecular flexibility index (Phi) is 2.96. The zero-order chi connectivity index (χ0) is 9.97. The molecule has 2 rings (SSSR count). The molecule has 0 amide bonds. The van der Waals surface area contributed by atoms with Crippen molar-refractivity contribution in [1.82, 2.24) is 0 Å². The molecular formula is C11H12BrO2. The van der Waals surface area contributed by atoms with Crippen LogP contribution in [0.2, 0.25) is 0 Å². The van der Waals surface area contributed by atoms with Gasteiger partial charge in [0.05, 0.1) is 18.2 Å². The molecule has 75 valence electrons. The molecule has 1 fully saturated rings. The van der Waals surface area contributed by atoms with E-state index in [1.54, 1.807) is 7.11 Å². The fourth-order valence-electron chi connectivity index (χ4n) is 1.22. The second-order valence-electron chi connectivity index (χ2n) is 3.44. The van der Waals surface area contributed by atoms with Gasteiger partial charge in [-0.25, -0.2) is 0 Å². The third kappa shape index (κ3) is 2.21. The maximum atomic E-state index is 5.68. The van der Waals surface area contributed by atoms with E-state index in [-0.39, 0.29) is 0 Å². The molecule has 0 heterocycles. The van der Waals surface area contributed by atoms with E-state index in [1.165, 1.54) is 12.8 Å². The van der Waals surface area contributed by atoms with E-state index < -0.39 is 0 Å². The summed E-state index contributed by atoms with van der Waals surface area (Å²) in [5, 5.41) is 0. The summed E-state index contributed by atoms with van der Waals surface area (Å²) in [6, 6.07) is 6.70. The Morgan fingerprint density at radius 2 is 2.36 bits per heavy atom. The van der Waals surface area contributed by atoms with Crippen molar-refractivity contribution in [2.45, 2.75) is 12.8 Å². The molecule has 3 heteroatoms. The molecule has 1 saturated carbocycles. The zero-order valence-electron chi connectivity index (χ0n) is 8.05. The molecule has 0 N–H and O–H groups in total. The minimum absolute atomic E-state index is 0.742. The molecule has 0 aromatic heterocycles. The smallest absolute Gasteiger partial charge is 0.175 e. The Balaban J connectivity index is 2.11. The van der Waals surface area contributed by atoms with Crippen molar-refractivity contribution in [3.63, 3.8) is 0 Å². The minimum atomic E-state index is 0.742. The van der Waals surface area contributed by atoms with Crippen molar-refractivity contribution in [3.05, 3.63) is 22.7 Å². The average molecular weight is 256 g/mol. The highest BCUT2D eigenvalue weighted by Crippen LogP contribution is 2.37. The molecule has 14 heavy (non-hydrogen) atoms. The molecule has 2 nitrogen and oxygen atoms in total. The van der Waals surface area contributed by atoms with E-state index in [4.69, 9.17) is 9.47 Å². The maximum absolute atomic E-state index is 5.68. The SMILES string of the molecule is COc1cc[c]c(Br)c1OCC1CC1. The molecule has 0 bridgehead atoms. The predicted molar refractivity (Wildman–Crippen MR) is 57.7 cm³/mol. The number of methoxy groups -OCH3 is 1. The summed E-state index contributed by atoms with van der Waals surface area (Å²) in [7, 11) is 1.64. The van der Waals surface area contributed by atoms with E-state index in [1.807, 2.05) is 12.1 Å². The molecule has 0 atom stereocenters. The molecular weight excluding hydrogens is 244 g/mol. The average Bonchev–Trinajstić information content (AvgIpc) is 2.99. The fourth-order valence-corrected chi connectivity index (χ4v) is 1.66. The van der Waals surface area contributed by atoms with Gasteiger partial charge in [0.2, 0.25) is 0 Å². The molecule has 1 aromatic rings. The van der Waals surface area contributed by atoms with E-state index in [0.717, 1.165) is 28.5 Å². The molecule has 1 aliphatic rings. The van der Waals surface area contributed by atoms with Gasteiger partial charge in [-0.3, -0.25) is 0 Å². The molecule has 0 saturated heterocycles. The summed E-state index contributed by atoms with van der Waals surface area (Å²) in [4.78, 5) is 0. The predicted octanol–water partition coefficient (Wildman–Crippen LogP) is 3.05. The van der Waals surface area contributed by atoms with Crippen LogP contribution in [-0.4, -0.2) is 13.7 Å². The summed E-state index contributed by atoms with van der Waals surface area (Å²) in [6.07, 6.45) is 2.58. The monoisotopic (exact) mass is 255 g/mol. The van der Waals surface area contributed by atoms with Crippen molar-refractivity contribution >= 4 is 15.9 Å². The van der Waals surface area contributed by atoms with Crippen LogP contribution in [0.4, 0.5) is 0 Å². The van der Waals surface area contributed by atoms with Crippen LogP contribution >= 0.6 is 15.9 Å². The first-order valence-electron chi connectivity index (χ1n) is 4.68. The van der Waals surface area contributed by atoms with Crippen LogP contribution in [0.15, 0.2) is 16.6 Å². The van der Waals surface area contributed by atoms with Crippen LogP contribution in [0, 0.1) is 12.0 Å². The number of rotatable bonds is 4. The Bertz CT molecular complexity index is 321. The Labute approximate surface area is 92.3 Å². The maximum Gasteiger partial charge on any atom is 0.175 e. The molecule has 0 spiro atoms. The summed E-state index contributed by atoms with van der Waals surface area (Å²) < 4.78 is 11.7. The van der Waals surface area contributed by atoms with Gasteiger partial charge in [0.25, 0.3) is 0 Å². The van der Waals surface area contributed by atoms with Gasteiger partial charge in [-0.05, 0) is 46.8 Å². The molecule has 0 aliphatic heterocycles. The van der Waals surface area contributed by atoms with E-state index in [0.29, 0.717) is 0 Å². The summed E-state index contributed by atoms with van der Waals surface area (Å²) >= 11 is 3.40. The van der Waals surface area contributed by atoms with Gasteiger partial charge in [0.15, 0.2) is 11.5 Å². The number of hydrogen-bond acceptors (Lipinski definition) is 2.